The van der Waals surface area contributed by atoms with Gasteiger partial charge < -0.3 is 9.15 Å². The van der Waals surface area contributed by atoms with Gasteiger partial charge in [0.2, 0.25) is 0 Å². The SMILES string of the molecule is CC/C(=C/c1ccccc1OC)c1cc(-c2ccccc2)cc2oc3ccccc3c12. The summed E-state index contributed by atoms with van der Waals surface area (Å²) in [6.07, 6.45) is 3.13. The number of furan rings is 1. The van der Waals surface area contributed by atoms with E-state index in [1.54, 1.807) is 7.11 Å². The third kappa shape index (κ3) is 3.51. The summed E-state index contributed by atoms with van der Waals surface area (Å²) < 4.78 is 11.9. The molecule has 4 aromatic carbocycles. The Bertz CT molecular complexity index is 1390. The fraction of sp³-hybridized carbons (Fsp3) is 0.103. The monoisotopic (exact) mass is 404 g/mol. The predicted molar refractivity (Wildman–Crippen MR) is 130 cm³/mol. The van der Waals surface area contributed by atoms with Gasteiger partial charge in [0.1, 0.15) is 16.9 Å². The molecular formula is C29H24O2. The zero-order chi connectivity index (χ0) is 21.2. The standard InChI is InChI=1S/C29H24O2/c1-3-20(17-22-13-7-9-15-26(22)30-2)25-18-23(21-11-5-4-6-12-21)19-28-29(25)24-14-8-10-16-27(24)31-28/h4-19H,3H2,1-2H3/b20-17-. The first-order chi connectivity index (χ1) is 15.3. The molecule has 0 aliphatic rings. The first-order valence-corrected chi connectivity index (χ1v) is 10.6. The summed E-state index contributed by atoms with van der Waals surface area (Å²) in [5.74, 6) is 0.876. The molecule has 0 unspecified atom stereocenters. The normalized spacial score (nSPS) is 11.9. The summed E-state index contributed by atoms with van der Waals surface area (Å²) in [5.41, 5.74) is 7.69. The van der Waals surface area contributed by atoms with Gasteiger partial charge in [-0.05, 0) is 59.0 Å². The van der Waals surface area contributed by atoms with Crippen LogP contribution >= 0.6 is 0 Å². The van der Waals surface area contributed by atoms with Crippen molar-refractivity contribution in [2.75, 3.05) is 7.11 Å². The van der Waals surface area contributed by atoms with Crippen molar-refractivity contribution in [2.45, 2.75) is 13.3 Å². The fourth-order valence-corrected chi connectivity index (χ4v) is 4.25. The fourth-order valence-electron chi connectivity index (χ4n) is 4.25. The smallest absolute Gasteiger partial charge is 0.136 e. The second-order valence-corrected chi connectivity index (χ2v) is 7.63. The number of rotatable bonds is 5. The Labute approximate surface area is 182 Å². The van der Waals surface area contributed by atoms with Crippen molar-refractivity contribution in [2.24, 2.45) is 0 Å². The summed E-state index contributed by atoms with van der Waals surface area (Å²) in [6, 6.07) is 31.3. The van der Waals surface area contributed by atoms with Crippen LogP contribution in [0.15, 0.2) is 95.4 Å². The number of methoxy groups -OCH3 is 1. The van der Waals surface area contributed by atoms with E-state index < -0.39 is 0 Å². The van der Waals surface area contributed by atoms with Gasteiger partial charge in [-0.25, -0.2) is 0 Å². The number of hydrogen-bond acceptors (Lipinski definition) is 2. The van der Waals surface area contributed by atoms with Gasteiger partial charge in [-0.1, -0.05) is 73.7 Å². The zero-order valence-corrected chi connectivity index (χ0v) is 17.8. The highest BCUT2D eigenvalue weighted by molar-refractivity contribution is 6.12. The predicted octanol–water partition coefficient (Wildman–Crippen LogP) is 8.21. The molecule has 0 saturated carbocycles. The molecule has 2 nitrogen and oxygen atoms in total. The van der Waals surface area contributed by atoms with Crippen LogP contribution in [0.4, 0.5) is 0 Å². The van der Waals surface area contributed by atoms with Gasteiger partial charge in [-0.2, -0.15) is 0 Å². The summed E-state index contributed by atoms with van der Waals surface area (Å²) >= 11 is 0. The van der Waals surface area contributed by atoms with E-state index in [9.17, 15) is 0 Å². The Morgan fingerprint density at radius 3 is 2.35 bits per heavy atom. The lowest BCUT2D eigenvalue weighted by Crippen LogP contribution is -1.90. The number of para-hydroxylation sites is 2. The summed E-state index contributed by atoms with van der Waals surface area (Å²) in [7, 11) is 1.72. The van der Waals surface area contributed by atoms with Crippen LogP contribution in [0.2, 0.25) is 0 Å². The Morgan fingerprint density at radius 2 is 1.55 bits per heavy atom. The molecule has 0 atom stereocenters. The van der Waals surface area contributed by atoms with Gasteiger partial charge in [0, 0.05) is 16.3 Å². The lowest BCUT2D eigenvalue weighted by atomic mass is 9.92. The lowest BCUT2D eigenvalue weighted by Gasteiger charge is -2.12. The molecule has 0 spiro atoms. The van der Waals surface area contributed by atoms with Gasteiger partial charge >= 0.3 is 0 Å². The topological polar surface area (TPSA) is 22.4 Å². The van der Waals surface area contributed by atoms with Crippen molar-refractivity contribution in [1.29, 1.82) is 0 Å². The molecule has 1 heterocycles. The minimum Gasteiger partial charge on any atom is -0.496 e. The molecule has 0 bridgehead atoms. The molecule has 5 rings (SSSR count). The average molecular weight is 405 g/mol. The van der Waals surface area contributed by atoms with Crippen LogP contribution in [0.5, 0.6) is 5.75 Å². The maximum atomic E-state index is 6.29. The van der Waals surface area contributed by atoms with Crippen molar-refractivity contribution in [3.8, 4) is 16.9 Å². The average Bonchev–Trinajstić information content (AvgIpc) is 3.21. The molecule has 5 aromatic rings. The quantitative estimate of drug-likeness (QED) is 0.275. The van der Waals surface area contributed by atoms with Gasteiger partial charge in [0.25, 0.3) is 0 Å². The Balaban J connectivity index is 1.82. The van der Waals surface area contributed by atoms with Crippen LogP contribution in [0, 0.1) is 0 Å². The maximum Gasteiger partial charge on any atom is 0.136 e. The first-order valence-electron chi connectivity index (χ1n) is 10.6. The van der Waals surface area contributed by atoms with E-state index in [0.717, 1.165) is 39.8 Å². The molecule has 1 aromatic heterocycles. The van der Waals surface area contributed by atoms with E-state index in [2.05, 4.69) is 67.6 Å². The van der Waals surface area contributed by atoms with E-state index in [-0.39, 0.29) is 0 Å². The third-order valence-corrected chi connectivity index (χ3v) is 5.78. The van der Waals surface area contributed by atoms with Crippen LogP contribution in [0.25, 0.3) is 44.7 Å². The van der Waals surface area contributed by atoms with Gasteiger partial charge in [-0.15, -0.1) is 0 Å². The highest BCUT2D eigenvalue weighted by Crippen LogP contribution is 2.39. The Hall–Kier alpha value is -3.78. The minimum atomic E-state index is 0.876. The molecular weight excluding hydrogens is 380 g/mol. The summed E-state index contributed by atoms with van der Waals surface area (Å²) in [6.45, 7) is 2.20. The number of ether oxygens (including phenoxy) is 1. The second kappa shape index (κ2) is 8.16. The molecule has 0 N–H and O–H groups in total. The van der Waals surface area contributed by atoms with Crippen LogP contribution in [0.1, 0.15) is 24.5 Å². The van der Waals surface area contributed by atoms with Crippen LogP contribution in [0.3, 0.4) is 0 Å². The number of benzene rings is 4. The van der Waals surface area contributed by atoms with Crippen LogP contribution < -0.4 is 4.74 Å². The van der Waals surface area contributed by atoms with Crippen molar-refractivity contribution in [3.05, 3.63) is 102 Å². The van der Waals surface area contributed by atoms with Crippen molar-refractivity contribution in [1.82, 2.24) is 0 Å². The third-order valence-electron chi connectivity index (χ3n) is 5.78. The molecule has 2 heteroatoms. The molecule has 0 radical (unpaired) electrons. The number of hydrogen-bond donors (Lipinski definition) is 0. The van der Waals surface area contributed by atoms with Crippen molar-refractivity contribution >= 4 is 33.6 Å². The molecule has 0 amide bonds. The number of allylic oxidation sites excluding steroid dienone is 1. The first kappa shape index (κ1) is 19.2. The molecule has 0 fully saturated rings. The highest BCUT2D eigenvalue weighted by atomic mass is 16.5. The maximum absolute atomic E-state index is 6.29. The van der Waals surface area contributed by atoms with Crippen molar-refractivity contribution in [3.63, 3.8) is 0 Å². The Kier molecular flexibility index (Phi) is 5.05. The second-order valence-electron chi connectivity index (χ2n) is 7.63. The van der Waals surface area contributed by atoms with E-state index in [4.69, 9.17) is 9.15 Å². The van der Waals surface area contributed by atoms with E-state index in [1.165, 1.54) is 22.1 Å². The van der Waals surface area contributed by atoms with Gasteiger partial charge in [-0.3, -0.25) is 0 Å². The summed E-state index contributed by atoms with van der Waals surface area (Å²) in [4.78, 5) is 0. The largest absolute Gasteiger partial charge is 0.496 e. The van der Waals surface area contributed by atoms with E-state index >= 15 is 0 Å². The van der Waals surface area contributed by atoms with Crippen molar-refractivity contribution < 1.29 is 9.15 Å². The highest BCUT2D eigenvalue weighted by Gasteiger charge is 2.16. The van der Waals surface area contributed by atoms with Crippen LogP contribution in [-0.4, -0.2) is 7.11 Å². The van der Waals surface area contributed by atoms with Gasteiger partial charge in [0.05, 0.1) is 7.11 Å². The van der Waals surface area contributed by atoms with E-state index in [0.29, 0.717) is 0 Å². The molecule has 0 aliphatic heterocycles. The number of fused-ring (bicyclic) bond motifs is 3. The zero-order valence-electron chi connectivity index (χ0n) is 17.8. The lowest BCUT2D eigenvalue weighted by molar-refractivity contribution is 0.414. The molecule has 31 heavy (non-hydrogen) atoms. The molecule has 0 aliphatic carbocycles. The minimum absolute atomic E-state index is 0.876. The van der Waals surface area contributed by atoms with Gasteiger partial charge in [0.15, 0.2) is 0 Å². The molecule has 152 valence electrons. The van der Waals surface area contributed by atoms with Crippen LogP contribution in [-0.2, 0) is 0 Å². The van der Waals surface area contributed by atoms with E-state index in [1.807, 2.05) is 36.4 Å². The Morgan fingerprint density at radius 1 is 0.806 bits per heavy atom. The summed E-state index contributed by atoms with van der Waals surface area (Å²) in [5, 5.41) is 2.31. The molecule has 0 saturated heterocycles.